The second kappa shape index (κ2) is 59.0. The van der Waals surface area contributed by atoms with E-state index in [1.54, 1.807) is 0 Å². The molecule has 12 unspecified atom stereocenters. The van der Waals surface area contributed by atoms with E-state index >= 15 is 0 Å². The van der Waals surface area contributed by atoms with E-state index in [1.165, 1.54) is 161 Å². The van der Waals surface area contributed by atoms with Crippen molar-refractivity contribution in [3.05, 3.63) is 85.1 Å². The van der Waals surface area contributed by atoms with E-state index in [4.69, 9.17) is 18.9 Å². The Balaban J connectivity index is 1.67. The van der Waals surface area contributed by atoms with Crippen LogP contribution in [-0.2, 0) is 23.7 Å². The quantitative estimate of drug-likeness (QED) is 0.0204. The average Bonchev–Trinajstić information content (AvgIpc) is 2.53. The third kappa shape index (κ3) is 42.9. The van der Waals surface area contributed by atoms with Gasteiger partial charge in [0.15, 0.2) is 12.6 Å². The maximum atomic E-state index is 13.4. The summed E-state index contributed by atoms with van der Waals surface area (Å²) in [5.74, 6) is -0.213. The van der Waals surface area contributed by atoms with Crippen molar-refractivity contribution in [2.24, 2.45) is 0 Å². The number of ether oxygens (including phenoxy) is 4. The molecule has 2 fully saturated rings. The minimum atomic E-state index is -1.79. The summed E-state index contributed by atoms with van der Waals surface area (Å²) in [5.41, 5.74) is 0. The molecule has 2 rings (SSSR count). The highest BCUT2D eigenvalue weighted by Gasteiger charge is 2.51. The molecule has 0 spiro atoms. The van der Waals surface area contributed by atoms with E-state index in [9.17, 15) is 45.6 Å². The zero-order valence-corrected chi connectivity index (χ0v) is 56.2. The lowest BCUT2D eigenvalue weighted by atomic mass is 9.97. The number of aliphatic hydroxyl groups is 8. The van der Waals surface area contributed by atoms with Crippen LogP contribution in [0.2, 0.25) is 0 Å². The molecule has 14 nitrogen and oxygen atoms in total. The van der Waals surface area contributed by atoms with E-state index in [0.717, 1.165) is 96.3 Å². The van der Waals surface area contributed by atoms with Crippen molar-refractivity contribution in [2.75, 3.05) is 19.8 Å². The number of aliphatic hydroxyl groups excluding tert-OH is 8. The van der Waals surface area contributed by atoms with Gasteiger partial charge in [-0.15, -0.1) is 0 Å². The summed E-state index contributed by atoms with van der Waals surface area (Å²) in [5, 5.41) is 87.7. The van der Waals surface area contributed by atoms with Crippen LogP contribution in [0.4, 0.5) is 0 Å². The fourth-order valence-corrected chi connectivity index (χ4v) is 11.6. The van der Waals surface area contributed by atoms with Crippen LogP contribution in [0, 0.1) is 0 Å². The molecular weight excluding hydrogens is 1120 g/mol. The molecule has 89 heavy (non-hydrogen) atoms. The van der Waals surface area contributed by atoms with Gasteiger partial charge in [0.05, 0.1) is 32.0 Å². The monoisotopic (exact) mass is 1260 g/mol. The number of allylic oxidation sites excluding steroid dienone is 14. The second-order valence-electron chi connectivity index (χ2n) is 25.3. The Labute approximate surface area is 541 Å². The first kappa shape index (κ1) is 82.3. The van der Waals surface area contributed by atoms with Crippen molar-refractivity contribution in [3.63, 3.8) is 0 Å². The Morgan fingerprint density at radius 2 is 0.775 bits per heavy atom. The largest absolute Gasteiger partial charge is 0.394 e. The Kier molecular flexibility index (Phi) is 54.5. The normalized spacial score (nSPS) is 23.5. The maximum Gasteiger partial charge on any atom is 0.220 e. The van der Waals surface area contributed by atoms with Crippen LogP contribution in [0.25, 0.3) is 0 Å². The van der Waals surface area contributed by atoms with Crippen LogP contribution in [0.1, 0.15) is 290 Å². The van der Waals surface area contributed by atoms with Crippen LogP contribution >= 0.6 is 0 Å². The standard InChI is InChI=1S/C75H133NO13/c1-3-5-7-9-11-13-15-17-19-21-23-25-27-29-30-31-32-33-34-35-37-39-41-43-45-47-49-51-53-55-57-59-67(80)76-63(62-86-74-72(85)70(83)73(66(61-78)88-74)89-75-71(84)69(82)68(81)65(60-77)87-75)64(79)58-56-54-52-50-48-46-44-42-40-38-36-28-26-24-22-20-18-16-14-12-10-8-6-4-2/h5,7,11,13,17,19,23,25,29-30,32-33,35,37,63-66,68-75,77-79,81-85H,3-4,6,8-10,12,14-16,18,20-22,24,26-28,31,34,36,38-62H2,1-2H3,(H,76,80)/b7-5-,13-11-,19-17-,25-23-,30-29-,33-32-,37-35-. The maximum absolute atomic E-state index is 13.4. The summed E-state index contributed by atoms with van der Waals surface area (Å²) in [4.78, 5) is 13.4. The van der Waals surface area contributed by atoms with Crippen LogP contribution in [0.5, 0.6) is 0 Å². The highest BCUT2D eigenvalue weighted by atomic mass is 16.7. The Bertz CT molecular complexity index is 1820. The van der Waals surface area contributed by atoms with Gasteiger partial charge in [0.2, 0.25) is 5.91 Å². The van der Waals surface area contributed by atoms with Gasteiger partial charge >= 0.3 is 0 Å². The van der Waals surface area contributed by atoms with E-state index in [0.29, 0.717) is 19.3 Å². The topological polar surface area (TPSA) is 228 Å². The predicted octanol–water partition coefficient (Wildman–Crippen LogP) is 15.2. The molecule has 2 saturated heterocycles. The van der Waals surface area contributed by atoms with E-state index in [-0.39, 0.29) is 12.5 Å². The molecule has 0 aromatic carbocycles. The van der Waals surface area contributed by atoms with Crippen molar-refractivity contribution in [2.45, 2.75) is 364 Å². The van der Waals surface area contributed by atoms with Gasteiger partial charge < -0.3 is 65.1 Å². The lowest BCUT2D eigenvalue weighted by Gasteiger charge is -2.46. The zero-order valence-electron chi connectivity index (χ0n) is 56.2. The molecule has 0 bridgehead atoms. The summed E-state index contributed by atoms with van der Waals surface area (Å²) in [7, 11) is 0. The van der Waals surface area contributed by atoms with Crippen molar-refractivity contribution in [3.8, 4) is 0 Å². The molecule has 0 aliphatic carbocycles. The third-order valence-corrected chi connectivity index (χ3v) is 17.4. The molecule has 0 saturated carbocycles. The number of nitrogens with one attached hydrogen (secondary N) is 1. The minimum Gasteiger partial charge on any atom is -0.394 e. The van der Waals surface area contributed by atoms with Crippen molar-refractivity contribution < 1.29 is 64.6 Å². The van der Waals surface area contributed by atoms with Gasteiger partial charge in [-0.2, -0.15) is 0 Å². The van der Waals surface area contributed by atoms with Crippen molar-refractivity contribution in [1.29, 1.82) is 0 Å². The lowest BCUT2D eigenvalue weighted by molar-refractivity contribution is -0.359. The first-order chi connectivity index (χ1) is 43.6. The average molecular weight is 1260 g/mol. The number of carbonyl (C=O) groups is 1. The molecule has 9 N–H and O–H groups in total. The van der Waals surface area contributed by atoms with Crippen LogP contribution in [-0.4, -0.2) is 140 Å². The van der Waals surface area contributed by atoms with Gasteiger partial charge in [-0.05, 0) is 70.6 Å². The number of rotatable bonds is 59. The zero-order chi connectivity index (χ0) is 64.5. The summed E-state index contributed by atoms with van der Waals surface area (Å²) in [6.45, 7) is 2.77. The number of hydrogen-bond donors (Lipinski definition) is 9. The molecule has 2 aliphatic heterocycles. The summed E-state index contributed by atoms with van der Waals surface area (Å²) < 4.78 is 22.9. The molecule has 1 amide bonds. The van der Waals surface area contributed by atoms with Gasteiger partial charge in [0.1, 0.15) is 48.8 Å². The fourth-order valence-electron chi connectivity index (χ4n) is 11.6. The van der Waals surface area contributed by atoms with Crippen LogP contribution in [0.3, 0.4) is 0 Å². The van der Waals surface area contributed by atoms with Crippen LogP contribution < -0.4 is 5.32 Å². The summed E-state index contributed by atoms with van der Waals surface area (Å²) in [6.07, 6.45) is 64.4. The highest BCUT2D eigenvalue weighted by molar-refractivity contribution is 5.76. The Morgan fingerprint density at radius 1 is 0.416 bits per heavy atom. The number of unbranched alkanes of at least 4 members (excludes halogenated alkanes) is 32. The second-order valence-corrected chi connectivity index (χ2v) is 25.3. The summed E-state index contributed by atoms with van der Waals surface area (Å²) >= 11 is 0. The van der Waals surface area contributed by atoms with E-state index in [1.807, 2.05) is 0 Å². The minimum absolute atomic E-state index is 0.213. The smallest absolute Gasteiger partial charge is 0.220 e. The Hall–Kier alpha value is -2.83. The van der Waals surface area contributed by atoms with E-state index in [2.05, 4.69) is 104 Å². The molecule has 2 heterocycles. The molecule has 0 aromatic rings. The SMILES string of the molecule is CC/C=C\C/C=C\C/C=C\C/C=C\C/C=C\C/C=C\C/C=C\CCCCCCCCCCCC(=O)NC(COC1OC(CO)C(OC2OC(CO)C(O)C(O)C2O)C(O)C1O)C(O)CCCCCCCCCCCCCCCCCCCCCCCCCC. The van der Waals surface area contributed by atoms with Gasteiger partial charge in [-0.3, -0.25) is 4.79 Å². The summed E-state index contributed by atoms with van der Waals surface area (Å²) in [6, 6.07) is -0.839. The predicted molar refractivity (Wildman–Crippen MR) is 364 cm³/mol. The number of carbonyl (C=O) groups excluding carboxylic acids is 1. The number of amides is 1. The molecule has 0 radical (unpaired) electrons. The molecule has 12 atom stereocenters. The van der Waals surface area contributed by atoms with Crippen molar-refractivity contribution >= 4 is 5.91 Å². The first-order valence-electron chi connectivity index (χ1n) is 36.3. The first-order valence-corrected chi connectivity index (χ1v) is 36.3. The van der Waals surface area contributed by atoms with Gasteiger partial charge in [0, 0.05) is 6.42 Å². The lowest BCUT2D eigenvalue weighted by Crippen LogP contribution is -2.65. The molecule has 0 aromatic heterocycles. The fraction of sp³-hybridized carbons (Fsp3) is 0.800. The van der Waals surface area contributed by atoms with Gasteiger partial charge in [0.25, 0.3) is 0 Å². The molecular formula is C75H133NO13. The Morgan fingerprint density at radius 3 is 1.19 bits per heavy atom. The highest BCUT2D eigenvalue weighted by Crippen LogP contribution is 2.30. The molecule has 2 aliphatic rings. The van der Waals surface area contributed by atoms with Crippen molar-refractivity contribution in [1.82, 2.24) is 5.32 Å². The molecule has 516 valence electrons. The van der Waals surface area contributed by atoms with Crippen LogP contribution in [0.15, 0.2) is 85.1 Å². The molecule has 14 heteroatoms. The number of hydrogen-bond acceptors (Lipinski definition) is 13. The van der Waals surface area contributed by atoms with Gasteiger partial charge in [-0.1, -0.05) is 298 Å². The van der Waals surface area contributed by atoms with Gasteiger partial charge in [-0.25, -0.2) is 0 Å². The van der Waals surface area contributed by atoms with E-state index < -0.39 is 86.8 Å². The third-order valence-electron chi connectivity index (χ3n) is 17.4.